The van der Waals surface area contributed by atoms with Gasteiger partial charge in [0.15, 0.2) is 0 Å². The average Bonchev–Trinajstić information content (AvgIpc) is 3.49. The van der Waals surface area contributed by atoms with Crippen LogP contribution < -0.4 is 10.0 Å². The molecule has 29 heavy (non-hydrogen) atoms. The van der Waals surface area contributed by atoms with E-state index in [4.69, 9.17) is 0 Å². The number of hydrogen-bond acceptors (Lipinski definition) is 4. The van der Waals surface area contributed by atoms with Crippen molar-refractivity contribution in [3.05, 3.63) is 64.7 Å². The van der Waals surface area contributed by atoms with Gasteiger partial charge < -0.3 is 10.2 Å². The van der Waals surface area contributed by atoms with Crippen molar-refractivity contribution >= 4 is 21.8 Å². The van der Waals surface area contributed by atoms with Gasteiger partial charge in [0.05, 0.1) is 4.90 Å². The Labute approximate surface area is 171 Å². The second-order valence-electron chi connectivity index (χ2n) is 7.45. The molecule has 8 heteroatoms. The van der Waals surface area contributed by atoms with Gasteiger partial charge in [0.25, 0.3) is 11.8 Å². The first kappa shape index (κ1) is 21.0. The first-order valence-electron chi connectivity index (χ1n) is 9.39. The Balaban J connectivity index is 1.73. The molecule has 0 atom stereocenters. The number of sulfonamides is 1. The molecule has 1 aliphatic carbocycles. The summed E-state index contributed by atoms with van der Waals surface area (Å²) >= 11 is 0. The first-order chi connectivity index (χ1) is 13.7. The Bertz CT molecular complexity index is 1040. The highest BCUT2D eigenvalue weighted by Gasteiger charge is 2.28. The molecule has 2 aromatic carbocycles. The average molecular weight is 416 g/mol. The molecule has 1 saturated carbocycles. The van der Waals surface area contributed by atoms with Gasteiger partial charge in [0.2, 0.25) is 10.0 Å². The van der Waals surface area contributed by atoms with Crippen molar-refractivity contribution in [1.29, 1.82) is 0 Å². The number of hydrogen-bond donors (Lipinski definition) is 2. The molecule has 2 aromatic rings. The van der Waals surface area contributed by atoms with Crippen LogP contribution in [0.4, 0.5) is 0 Å². The van der Waals surface area contributed by atoms with Gasteiger partial charge in [-0.15, -0.1) is 0 Å². The molecule has 7 nitrogen and oxygen atoms in total. The minimum atomic E-state index is -3.63. The van der Waals surface area contributed by atoms with E-state index < -0.39 is 10.0 Å². The molecule has 0 saturated heterocycles. The largest absolute Gasteiger partial charge is 0.348 e. The van der Waals surface area contributed by atoms with Crippen LogP contribution in [0.2, 0.25) is 0 Å². The zero-order valence-electron chi connectivity index (χ0n) is 16.7. The van der Waals surface area contributed by atoms with E-state index in [9.17, 15) is 18.0 Å². The Morgan fingerprint density at radius 1 is 1.10 bits per heavy atom. The fourth-order valence-electron chi connectivity index (χ4n) is 2.85. The third kappa shape index (κ3) is 5.21. The maximum atomic E-state index is 12.7. The van der Waals surface area contributed by atoms with Gasteiger partial charge >= 0.3 is 0 Å². The number of nitrogens with one attached hydrogen (secondary N) is 2. The van der Waals surface area contributed by atoms with E-state index in [-0.39, 0.29) is 29.3 Å². The van der Waals surface area contributed by atoms with Crippen LogP contribution >= 0.6 is 0 Å². The molecule has 0 heterocycles. The molecule has 0 aromatic heterocycles. The summed E-state index contributed by atoms with van der Waals surface area (Å²) in [4.78, 5) is 26.3. The van der Waals surface area contributed by atoms with E-state index >= 15 is 0 Å². The molecule has 2 N–H and O–H groups in total. The Kier molecular flexibility index (Phi) is 6.04. The fourth-order valence-corrected chi connectivity index (χ4v) is 4.18. The van der Waals surface area contributed by atoms with Crippen molar-refractivity contribution in [1.82, 2.24) is 14.9 Å². The lowest BCUT2D eigenvalue weighted by Crippen LogP contribution is -2.27. The van der Waals surface area contributed by atoms with Gasteiger partial charge in [0.1, 0.15) is 0 Å². The number of amides is 2. The topological polar surface area (TPSA) is 95.6 Å². The summed E-state index contributed by atoms with van der Waals surface area (Å²) in [6.07, 6.45) is 1.68. The summed E-state index contributed by atoms with van der Waals surface area (Å²) in [5.41, 5.74) is 2.31. The van der Waals surface area contributed by atoms with Gasteiger partial charge in [-0.3, -0.25) is 9.59 Å². The predicted molar refractivity (Wildman–Crippen MR) is 110 cm³/mol. The summed E-state index contributed by atoms with van der Waals surface area (Å²) < 4.78 is 27.5. The lowest BCUT2D eigenvalue weighted by molar-refractivity contribution is 0.0827. The molecular weight excluding hydrogens is 390 g/mol. The van der Waals surface area contributed by atoms with E-state index in [1.54, 1.807) is 45.3 Å². The third-order valence-electron chi connectivity index (χ3n) is 4.70. The molecule has 154 valence electrons. The highest BCUT2D eigenvalue weighted by atomic mass is 32.2. The zero-order valence-corrected chi connectivity index (χ0v) is 17.5. The molecule has 3 rings (SSSR count). The Morgan fingerprint density at radius 2 is 1.83 bits per heavy atom. The fraction of sp³-hybridized carbons (Fsp3) is 0.333. The minimum Gasteiger partial charge on any atom is -0.348 e. The predicted octanol–water partition coefficient (Wildman–Crippen LogP) is 2.07. The van der Waals surface area contributed by atoms with E-state index in [1.165, 1.54) is 17.0 Å². The molecule has 0 bridgehead atoms. The number of nitrogens with zero attached hydrogens (tertiary/aromatic N) is 1. The van der Waals surface area contributed by atoms with Crippen LogP contribution in [0.1, 0.15) is 44.7 Å². The van der Waals surface area contributed by atoms with Crippen molar-refractivity contribution in [3.8, 4) is 0 Å². The number of aryl methyl sites for hydroxylation is 1. The second kappa shape index (κ2) is 8.34. The summed E-state index contributed by atoms with van der Waals surface area (Å²) in [5.74, 6) is -0.481. The highest BCUT2D eigenvalue weighted by Crippen LogP contribution is 2.23. The standard InChI is InChI=1S/C21H25N3O4S/c1-14-7-10-18(29(27,28)23-17-8-9-17)12-19(14)20(25)22-13-15-5-4-6-16(11-15)21(26)24(2)3/h4-7,10-12,17,23H,8-9,13H2,1-3H3,(H,22,25). The molecule has 1 fully saturated rings. The maximum Gasteiger partial charge on any atom is 0.253 e. The number of rotatable bonds is 7. The maximum absolute atomic E-state index is 12.7. The molecule has 0 radical (unpaired) electrons. The first-order valence-corrected chi connectivity index (χ1v) is 10.9. The Morgan fingerprint density at radius 3 is 2.48 bits per heavy atom. The van der Waals surface area contributed by atoms with Crippen LogP contribution in [0.3, 0.4) is 0 Å². The lowest BCUT2D eigenvalue weighted by Gasteiger charge is -2.13. The summed E-state index contributed by atoms with van der Waals surface area (Å²) in [6, 6.07) is 11.6. The van der Waals surface area contributed by atoms with Crippen molar-refractivity contribution in [3.63, 3.8) is 0 Å². The molecule has 2 amide bonds. The van der Waals surface area contributed by atoms with Crippen LogP contribution in [-0.4, -0.2) is 45.3 Å². The number of carbonyl (C=O) groups is 2. The smallest absolute Gasteiger partial charge is 0.253 e. The van der Waals surface area contributed by atoms with Crippen LogP contribution in [0, 0.1) is 6.92 Å². The third-order valence-corrected chi connectivity index (χ3v) is 6.21. The van der Waals surface area contributed by atoms with Crippen molar-refractivity contribution in [2.24, 2.45) is 0 Å². The SMILES string of the molecule is Cc1ccc(S(=O)(=O)NC2CC2)cc1C(=O)NCc1cccc(C(=O)N(C)C)c1. The van der Waals surface area contributed by atoms with Crippen LogP contribution in [0.5, 0.6) is 0 Å². The van der Waals surface area contributed by atoms with E-state index in [0.717, 1.165) is 18.4 Å². The number of carbonyl (C=O) groups excluding carboxylic acids is 2. The van der Waals surface area contributed by atoms with Crippen molar-refractivity contribution in [2.75, 3.05) is 14.1 Å². The second-order valence-corrected chi connectivity index (χ2v) is 9.17. The van der Waals surface area contributed by atoms with Gasteiger partial charge in [-0.2, -0.15) is 0 Å². The quantitative estimate of drug-likeness (QED) is 0.724. The monoisotopic (exact) mass is 415 g/mol. The summed E-state index contributed by atoms with van der Waals surface area (Å²) in [5, 5.41) is 2.80. The molecule has 0 spiro atoms. The van der Waals surface area contributed by atoms with E-state index in [2.05, 4.69) is 10.0 Å². The van der Waals surface area contributed by atoms with E-state index in [1.807, 2.05) is 6.07 Å². The molecule has 0 aliphatic heterocycles. The Hall–Kier alpha value is -2.71. The molecule has 0 unspecified atom stereocenters. The normalized spacial score (nSPS) is 13.8. The van der Waals surface area contributed by atoms with Gasteiger partial charge in [0, 0.05) is 37.8 Å². The van der Waals surface area contributed by atoms with Gasteiger partial charge in [-0.1, -0.05) is 18.2 Å². The van der Waals surface area contributed by atoms with Gasteiger partial charge in [-0.25, -0.2) is 13.1 Å². The van der Waals surface area contributed by atoms with Crippen molar-refractivity contribution < 1.29 is 18.0 Å². The van der Waals surface area contributed by atoms with Crippen LogP contribution in [-0.2, 0) is 16.6 Å². The highest BCUT2D eigenvalue weighted by molar-refractivity contribution is 7.89. The van der Waals surface area contributed by atoms with E-state index in [0.29, 0.717) is 16.7 Å². The summed E-state index contributed by atoms with van der Waals surface area (Å²) in [7, 11) is -0.274. The van der Waals surface area contributed by atoms with Crippen LogP contribution in [0.15, 0.2) is 47.4 Å². The number of benzene rings is 2. The van der Waals surface area contributed by atoms with Gasteiger partial charge in [-0.05, 0) is 55.2 Å². The van der Waals surface area contributed by atoms with Crippen molar-refractivity contribution in [2.45, 2.75) is 37.2 Å². The minimum absolute atomic E-state index is 0.00395. The zero-order chi connectivity index (χ0) is 21.2. The lowest BCUT2D eigenvalue weighted by atomic mass is 10.1. The van der Waals surface area contributed by atoms with Crippen LogP contribution in [0.25, 0.3) is 0 Å². The molecule has 1 aliphatic rings. The molecular formula is C21H25N3O4S. The summed E-state index contributed by atoms with van der Waals surface area (Å²) in [6.45, 7) is 1.99.